The number of aromatic nitrogens is 5. The molecule has 0 aromatic carbocycles. The summed E-state index contributed by atoms with van der Waals surface area (Å²) in [6.07, 6.45) is 7.51. The molecule has 1 aliphatic carbocycles. The number of aryl methyl sites for hydroxylation is 2. The largest absolute Gasteiger partial charge is 0.357 e. The second-order valence-electron chi connectivity index (χ2n) is 4.59. The van der Waals surface area contributed by atoms with Crippen LogP contribution in [0.5, 0.6) is 0 Å². The molecule has 6 nitrogen and oxygen atoms in total. The maximum atomic E-state index is 4.55. The first kappa shape index (κ1) is 10.4. The molecule has 4 rings (SSSR count). The number of anilines is 1. The van der Waals surface area contributed by atoms with E-state index in [0.29, 0.717) is 5.95 Å². The van der Waals surface area contributed by atoms with E-state index in [0.717, 1.165) is 35.1 Å². The van der Waals surface area contributed by atoms with Crippen LogP contribution in [-0.4, -0.2) is 32.2 Å². The van der Waals surface area contributed by atoms with Crippen molar-refractivity contribution in [1.82, 2.24) is 25.1 Å². The summed E-state index contributed by atoms with van der Waals surface area (Å²) in [7, 11) is 1.83. The first-order valence-electron chi connectivity index (χ1n) is 6.22. The Balaban J connectivity index is 2.04. The molecule has 94 valence electrons. The first-order chi connectivity index (χ1) is 9.36. The van der Waals surface area contributed by atoms with Crippen molar-refractivity contribution in [3.05, 3.63) is 29.8 Å². The van der Waals surface area contributed by atoms with E-state index in [-0.39, 0.29) is 0 Å². The summed E-state index contributed by atoms with van der Waals surface area (Å²) in [4.78, 5) is 13.3. The quantitative estimate of drug-likeness (QED) is 0.687. The van der Waals surface area contributed by atoms with Crippen LogP contribution >= 0.6 is 0 Å². The molecule has 3 aromatic heterocycles. The summed E-state index contributed by atoms with van der Waals surface area (Å²) in [6, 6.07) is 0. The molecular formula is C13H12N6. The minimum absolute atomic E-state index is 0.666. The highest BCUT2D eigenvalue weighted by atomic mass is 15.1. The predicted molar refractivity (Wildman–Crippen MR) is 71.9 cm³/mol. The van der Waals surface area contributed by atoms with E-state index in [4.69, 9.17) is 0 Å². The van der Waals surface area contributed by atoms with Crippen molar-refractivity contribution >= 4 is 17.0 Å². The zero-order valence-electron chi connectivity index (χ0n) is 10.4. The highest BCUT2D eigenvalue weighted by Crippen LogP contribution is 2.36. The fraction of sp³-hybridized carbons (Fsp3) is 0.231. The average Bonchev–Trinajstić information content (AvgIpc) is 2.94. The van der Waals surface area contributed by atoms with Crippen molar-refractivity contribution in [3.63, 3.8) is 0 Å². The van der Waals surface area contributed by atoms with E-state index in [9.17, 15) is 0 Å². The number of pyridine rings is 1. The maximum Gasteiger partial charge on any atom is 0.222 e. The molecule has 0 amide bonds. The Hall–Kier alpha value is -2.50. The van der Waals surface area contributed by atoms with Crippen LogP contribution in [0.25, 0.3) is 22.2 Å². The monoisotopic (exact) mass is 252 g/mol. The SMILES string of the molecule is CNc1ncc2c(n1)CCc1cnc3[nH]ncc3c1-2. The Bertz CT molecular complexity index is 776. The lowest BCUT2D eigenvalue weighted by Gasteiger charge is -2.19. The molecule has 1 aliphatic rings. The zero-order valence-corrected chi connectivity index (χ0v) is 10.4. The van der Waals surface area contributed by atoms with E-state index in [1.54, 1.807) is 0 Å². The molecule has 0 radical (unpaired) electrons. The number of fused-ring (bicyclic) bond motifs is 5. The minimum atomic E-state index is 0.666. The number of hydrogen-bond acceptors (Lipinski definition) is 5. The van der Waals surface area contributed by atoms with E-state index < -0.39 is 0 Å². The van der Waals surface area contributed by atoms with Crippen molar-refractivity contribution < 1.29 is 0 Å². The molecule has 0 aliphatic heterocycles. The fourth-order valence-corrected chi connectivity index (χ4v) is 2.64. The van der Waals surface area contributed by atoms with Gasteiger partial charge in [0.2, 0.25) is 5.95 Å². The van der Waals surface area contributed by atoms with Crippen LogP contribution in [0.4, 0.5) is 5.95 Å². The molecular weight excluding hydrogens is 240 g/mol. The molecule has 0 saturated heterocycles. The lowest BCUT2D eigenvalue weighted by atomic mass is 9.89. The first-order valence-corrected chi connectivity index (χ1v) is 6.22. The summed E-state index contributed by atoms with van der Waals surface area (Å²) in [6.45, 7) is 0. The summed E-state index contributed by atoms with van der Waals surface area (Å²) in [5.41, 5.74) is 5.39. The third-order valence-corrected chi connectivity index (χ3v) is 3.55. The van der Waals surface area contributed by atoms with Gasteiger partial charge in [0.15, 0.2) is 5.65 Å². The van der Waals surface area contributed by atoms with Crippen LogP contribution in [0.15, 0.2) is 18.6 Å². The summed E-state index contributed by atoms with van der Waals surface area (Å²) < 4.78 is 0. The van der Waals surface area contributed by atoms with Crippen molar-refractivity contribution in [3.8, 4) is 11.1 Å². The summed E-state index contributed by atoms with van der Waals surface area (Å²) in [5.74, 6) is 0.666. The van der Waals surface area contributed by atoms with Gasteiger partial charge in [0.05, 0.1) is 11.9 Å². The van der Waals surface area contributed by atoms with Crippen molar-refractivity contribution in [2.45, 2.75) is 12.8 Å². The lowest BCUT2D eigenvalue weighted by Crippen LogP contribution is -2.09. The highest BCUT2D eigenvalue weighted by Gasteiger charge is 2.21. The van der Waals surface area contributed by atoms with Gasteiger partial charge in [0, 0.05) is 36.0 Å². The van der Waals surface area contributed by atoms with Gasteiger partial charge in [-0.25, -0.2) is 15.0 Å². The van der Waals surface area contributed by atoms with E-state index in [2.05, 4.69) is 30.5 Å². The molecule has 2 N–H and O–H groups in total. The highest BCUT2D eigenvalue weighted by molar-refractivity contribution is 5.95. The lowest BCUT2D eigenvalue weighted by molar-refractivity contribution is 0.882. The molecule has 19 heavy (non-hydrogen) atoms. The molecule has 3 aromatic rings. The maximum absolute atomic E-state index is 4.55. The molecule has 0 bridgehead atoms. The molecule has 0 saturated carbocycles. The second-order valence-corrected chi connectivity index (χ2v) is 4.59. The number of rotatable bonds is 1. The topological polar surface area (TPSA) is 79.4 Å². The van der Waals surface area contributed by atoms with E-state index in [1.165, 1.54) is 11.1 Å². The molecule has 0 atom stereocenters. The van der Waals surface area contributed by atoms with Crippen molar-refractivity contribution in [1.29, 1.82) is 0 Å². The molecule has 0 unspecified atom stereocenters. The third-order valence-electron chi connectivity index (χ3n) is 3.55. The van der Waals surface area contributed by atoms with Gasteiger partial charge in [0.1, 0.15) is 0 Å². The average molecular weight is 252 g/mol. The Morgan fingerprint density at radius 1 is 1.16 bits per heavy atom. The van der Waals surface area contributed by atoms with Gasteiger partial charge in [-0.2, -0.15) is 5.10 Å². The Labute approximate surface area is 109 Å². The Morgan fingerprint density at radius 2 is 2.11 bits per heavy atom. The zero-order chi connectivity index (χ0) is 12.8. The van der Waals surface area contributed by atoms with Crippen LogP contribution in [-0.2, 0) is 12.8 Å². The fourth-order valence-electron chi connectivity index (χ4n) is 2.64. The van der Waals surface area contributed by atoms with Gasteiger partial charge < -0.3 is 5.32 Å². The molecule has 6 heteroatoms. The minimum Gasteiger partial charge on any atom is -0.357 e. The number of nitrogens with one attached hydrogen (secondary N) is 2. The summed E-state index contributed by atoms with van der Waals surface area (Å²) in [5, 5.41) is 11.0. The predicted octanol–water partition coefficient (Wildman–Crippen LogP) is 1.56. The van der Waals surface area contributed by atoms with Gasteiger partial charge in [0.25, 0.3) is 0 Å². The van der Waals surface area contributed by atoms with Crippen molar-refractivity contribution in [2.24, 2.45) is 0 Å². The van der Waals surface area contributed by atoms with Crippen molar-refractivity contribution in [2.75, 3.05) is 12.4 Å². The number of hydrogen-bond donors (Lipinski definition) is 2. The van der Waals surface area contributed by atoms with Gasteiger partial charge in [-0.3, -0.25) is 5.10 Å². The number of nitrogens with zero attached hydrogens (tertiary/aromatic N) is 4. The van der Waals surface area contributed by atoms with Gasteiger partial charge in [-0.15, -0.1) is 0 Å². The van der Waals surface area contributed by atoms with E-state index >= 15 is 0 Å². The number of aromatic amines is 1. The smallest absolute Gasteiger partial charge is 0.222 e. The van der Waals surface area contributed by atoms with Crippen LogP contribution in [0, 0.1) is 0 Å². The van der Waals surface area contributed by atoms with Crippen LogP contribution in [0.1, 0.15) is 11.3 Å². The van der Waals surface area contributed by atoms with Gasteiger partial charge in [-0.05, 0) is 18.4 Å². The molecule has 0 spiro atoms. The van der Waals surface area contributed by atoms with Crippen LogP contribution in [0.2, 0.25) is 0 Å². The number of H-pyrrole nitrogens is 1. The molecule has 0 fully saturated rings. The van der Waals surface area contributed by atoms with E-state index in [1.807, 2.05) is 25.6 Å². The summed E-state index contributed by atoms with van der Waals surface area (Å²) >= 11 is 0. The van der Waals surface area contributed by atoms with Crippen LogP contribution < -0.4 is 5.32 Å². The third kappa shape index (κ3) is 1.43. The Kier molecular flexibility index (Phi) is 2.05. The van der Waals surface area contributed by atoms with Crippen LogP contribution in [0.3, 0.4) is 0 Å². The Morgan fingerprint density at radius 3 is 3.00 bits per heavy atom. The normalized spacial score (nSPS) is 13.1. The van der Waals surface area contributed by atoms with Gasteiger partial charge in [-0.1, -0.05) is 0 Å². The standard InChI is InChI=1S/C13H12N6/c1-14-13-16-5-8-10(18-13)3-2-7-4-15-12-9(11(7)8)6-17-19-12/h4-6H,2-3H2,1H3,(H,14,16,18)(H,15,17,19). The molecule has 3 heterocycles. The second kappa shape index (κ2) is 3.74. The van der Waals surface area contributed by atoms with Gasteiger partial charge >= 0.3 is 0 Å².